The highest BCUT2D eigenvalue weighted by atomic mass is 79.9. The van der Waals surface area contributed by atoms with E-state index in [1.165, 1.54) is 0 Å². The first-order valence-corrected chi connectivity index (χ1v) is 5.08. The Labute approximate surface area is 80.7 Å². The molecule has 3 nitrogen and oxygen atoms in total. The van der Waals surface area contributed by atoms with Crippen LogP contribution in [-0.4, -0.2) is 21.8 Å². The van der Waals surface area contributed by atoms with Gasteiger partial charge in [0.2, 0.25) is 0 Å². The number of nitrogens with one attached hydrogen (secondary N) is 1. The fourth-order valence-corrected chi connectivity index (χ4v) is 1.09. The van der Waals surface area contributed by atoms with E-state index in [4.69, 9.17) is 0 Å². The van der Waals surface area contributed by atoms with Gasteiger partial charge in [0.15, 0.2) is 0 Å². The first kappa shape index (κ1) is 9.61. The summed E-state index contributed by atoms with van der Waals surface area (Å²) in [6.45, 7) is 1.76. The molecule has 12 heavy (non-hydrogen) atoms. The second-order valence-electron chi connectivity index (χ2n) is 2.38. The van der Waals surface area contributed by atoms with E-state index in [2.05, 4.69) is 31.2 Å². The number of hydrogen-bond donors (Lipinski definition) is 1. The van der Waals surface area contributed by atoms with Crippen LogP contribution in [-0.2, 0) is 6.54 Å². The summed E-state index contributed by atoms with van der Waals surface area (Å²) in [5, 5.41) is 4.28. The average molecular weight is 230 g/mol. The molecular weight excluding hydrogens is 218 g/mol. The van der Waals surface area contributed by atoms with Gasteiger partial charge in [-0.15, -0.1) is 0 Å². The summed E-state index contributed by atoms with van der Waals surface area (Å²) in [4.78, 5) is 8.18. The minimum Gasteiger partial charge on any atom is -0.310 e. The van der Waals surface area contributed by atoms with Gasteiger partial charge in [-0.1, -0.05) is 15.9 Å². The van der Waals surface area contributed by atoms with E-state index >= 15 is 0 Å². The Kier molecular flexibility index (Phi) is 4.87. The molecule has 66 valence electrons. The van der Waals surface area contributed by atoms with E-state index in [-0.39, 0.29) is 0 Å². The summed E-state index contributed by atoms with van der Waals surface area (Å²) in [5.74, 6) is 0.854. The zero-order chi connectivity index (χ0) is 8.65. The van der Waals surface area contributed by atoms with E-state index < -0.39 is 0 Å². The number of halogens is 1. The second kappa shape index (κ2) is 6.08. The van der Waals surface area contributed by atoms with Crippen LogP contribution in [0.5, 0.6) is 0 Å². The SMILES string of the molecule is BrCCCNCc1ncccn1. The van der Waals surface area contributed by atoms with Crippen LogP contribution in [0.4, 0.5) is 0 Å². The van der Waals surface area contributed by atoms with Crippen LogP contribution in [0.25, 0.3) is 0 Å². The highest BCUT2D eigenvalue weighted by molar-refractivity contribution is 9.09. The molecule has 0 atom stereocenters. The van der Waals surface area contributed by atoms with Crippen molar-refractivity contribution in [2.24, 2.45) is 0 Å². The van der Waals surface area contributed by atoms with Gasteiger partial charge in [0, 0.05) is 17.7 Å². The predicted molar refractivity (Wildman–Crippen MR) is 52.1 cm³/mol. The van der Waals surface area contributed by atoms with Crippen LogP contribution in [0.2, 0.25) is 0 Å². The third kappa shape index (κ3) is 3.78. The molecule has 0 aliphatic heterocycles. The molecule has 0 saturated heterocycles. The summed E-state index contributed by atoms with van der Waals surface area (Å²) >= 11 is 3.36. The normalized spacial score (nSPS) is 10.1. The first-order chi connectivity index (χ1) is 5.93. The largest absolute Gasteiger partial charge is 0.310 e. The minimum atomic E-state index is 0.758. The Bertz CT molecular complexity index is 203. The van der Waals surface area contributed by atoms with Gasteiger partial charge in [-0.2, -0.15) is 0 Å². The number of rotatable bonds is 5. The van der Waals surface area contributed by atoms with Crippen LogP contribution < -0.4 is 5.32 Å². The third-order valence-electron chi connectivity index (χ3n) is 1.39. The van der Waals surface area contributed by atoms with E-state index in [0.29, 0.717) is 0 Å². The van der Waals surface area contributed by atoms with Crippen molar-refractivity contribution in [3.05, 3.63) is 24.3 Å². The molecule has 1 heterocycles. The number of aromatic nitrogens is 2. The van der Waals surface area contributed by atoms with Crippen LogP contribution >= 0.6 is 15.9 Å². The molecule has 1 aromatic heterocycles. The summed E-state index contributed by atoms with van der Waals surface area (Å²) < 4.78 is 0. The standard InChI is InChI=1S/C8H12BrN3/c9-3-1-4-10-7-8-11-5-2-6-12-8/h2,5-6,10H,1,3-4,7H2. The molecule has 0 amide bonds. The summed E-state index contributed by atoms with van der Waals surface area (Å²) in [6.07, 6.45) is 4.65. The van der Waals surface area contributed by atoms with E-state index in [1.807, 2.05) is 6.07 Å². The molecule has 0 aliphatic rings. The Hall–Kier alpha value is -0.480. The minimum absolute atomic E-state index is 0.758. The van der Waals surface area contributed by atoms with Gasteiger partial charge in [-0.25, -0.2) is 9.97 Å². The van der Waals surface area contributed by atoms with E-state index in [9.17, 15) is 0 Å². The van der Waals surface area contributed by atoms with Crippen LogP contribution in [0.3, 0.4) is 0 Å². The predicted octanol–water partition coefficient (Wildman–Crippen LogP) is 1.35. The first-order valence-electron chi connectivity index (χ1n) is 3.96. The fourth-order valence-electron chi connectivity index (χ4n) is 0.813. The molecule has 0 spiro atoms. The maximum atomic E-state index is 4.09. The van der Waals surface area contributed by atoms with Crippen molar-refractivity contribution in [2.75, 3.05) is 11.9 Å². The molecule has 1 rings (SSSR count). The highest BCUT2D eigenvalue weighted by Crippen LogP contribution is 1.88. The molecule has 0 fully saturated rings. The summed E-state index contributed by atoms with van der Waals surface area (Å²) in [6, 6.07) is 1.82. The number of alkyl halides is 1. The molecule has 0 unspecified atom stereocenters. The van der Waals surface area contributed by atoms with Gasteiger partial charge in [0.05, 0.1) is 6.54 Å². The molecule has 0 aliphatic carbocycles. The van der Waals surface area contributed by atoms with Crippen LogP contribution in [0.1, 0.15) is 12.2 Å². The van der Waals surface area contributed by atoms with Crippen molar-refractivity contribution in [1.82, 2.24) is 15.3 Å². The monoisotopic (exact) mass is 229 g/mol. The topological polar surface area (TPSA) is 37.8 Å². The van der Waals surface area contributed by atoms with Crippen molar-refractivity contribution < 1.29 is 0 Å². The molecule has 0 bridgehead atoms. The van der Waals surface area contributed by atoms with Gasteiger partial charge < -0.3 is 5.32 Å². The van der Waals surface area contributed by atoms with Crippen LogP contribution in [0.15, 0.2) is 18.5 Å². The molecule has 0 radical (unpaired) electrons. The summed E-state index contributed by atoms with van der Waals surface area (Å²) in [7, 11) is 0. The van der Waals surface area contributed by atoms with Gasteiger partial charge >= 0.3 is 0 Å². The molecule has 0 saturated carbocycles. The molecule has 1 aromatic rings. The zero-order valence-corrected chi connectivity index (χ0v) is 8.42. The van der Waals surface area contributed by atoms with Crippen LogP contribution in [0, 0.1) is 0 Å². The third-order valence-corrected chi connectivity index (χ3v) is 1.95. The fraction of sp³-hybridized carbons (Fsp3) is 0.500. The van der Waals surface area contributed by atoms with Gasteiger partial charge in [0.25, 0.3) is 0 Å². The molecule has 0 aromatic carbocycles. The molecule has 4 heteroatoms. The van der Waals surface area contributed by atoms with Crippen molar-refractivity contribution >= 4 is 15.9 Å². The summed E-state index contributed by atoms with van der Waals surface area (Å²) in [5.41, 5.74) is 0. The van der Waals surface area contributed by atoms with Crippen molar-refractivity contribution in [3.8, 4) is 0 Å². The number of nitrogens with zero attached hydrogens (tertiary/aromatic N) is 2. The Morgan fingerprint density at radius 1 is 1.33 bits per heavy atom. The van der Waals surface area contributed by atoms with Gasteiger partial charge in [-0.05, 0) is 19.0 Å². The van der Waals surface area contributed by atoms with Crippen molar-refractivity contribution in [2.45, 2.75) is 13.0 Å². The lowest BCUT2D eigenvalue weighted by Crippen LogP contribution is -2.16. The Morgan fingerprint density at radius 2 is 2.08 bits per heavy atom. The lowest BCUT2D eigenvalue weighted by atomic mass is 10.4. The van der Waals surface area contributed by atoms with E-state index in [0.717, 1.165) is 30.7 Å². The van der Waals surface area contributed by atoms with Gasteiger partial charge in [0.1, 0.15) is 5.82 Å². The molecular formula is C8H12BrN3. The zero-order valence-electron chi connectivity index (χ0n) is 6.83. The second-order valence-corrected chi connectivity index (χ2v) is 3.18. The maximum Gasteiger partial charge on any atom is 0.141 e. The quantitative estimate of drug-likeness (QED) is 0.612. The Morgan fingerprint density at radius 3 is 2.75 bits per heavy atom. The van der Waals surface area contributed by atoms with Gasteiger partial charge in [-0.3, -0.25) is 0 Å². The van der Waals surface area contributed by atoms with Crippen molar-refractivity contribution in [1.29, 1.82) is 0 Å². The smallest absolute Gasteiger partial charge is 0.141 e. The van der Waals surface area contributed by atoms with Crippen molar-refractivity contribution in [3.63, 3.8) is 0 Å². The maximum absolute atomic E-state index is 4.09. The lowest BCUT2D eigenvalue weighted by Gasteiger charge is -2.00. The highest BCUT2D eigenvalue weighted by Gasteiger charge is 1.91. The van der Waals surface area contributed by atoms with E-state index in [1.54, 1.807) is 12.4 Å². The number of hydrogen-bond acceptors (Lipinski definition) is 3. The Balaban J connectivity index is 2.16. The molecule has 1 N–H and O–H groups in total. The lowest BCUT2D eigenvalue weighted by molar-refractivity contribution is 0.653. The average Bonchev–Trinajstić information content (AvgIpc) is 2.14.